The molecule has 0 radical (unpaired) electrons. The van der Waals surface area contributed by atoms with Crippen molar-refractivity contribution in [3.8, 4) is 0 Å². The van der Waals surface area contributed by atoms with Gasteiger partial charge in [-0.2, -0.15) is 0 Å². The maximum Gasteiger partial charge on any atom is 0.157 e. The highest BCUT2D eigenvalue weighted by atomic mass is 32.2. The van der Waals surface area contributed by atoms with Crippen molar-refractivity contribution in [2.45, 2.75) is 52.1 Å². The predicted octanol–water partition coefficient (Wildman–Crippen LogP) is 2.66. The molecule has 3 aliphatic rings. The summed E-state index contributed by atoms with van der Waals surface area (Å²) in [4.78, 5) is 4.97. The first-order chi connectivity index (χ1) is 8.37. The Balaban J connectivity index is 1.70. The molecular weight excluding hydrogens is 244 g/mol. The average Bonchev–Trinajstić information content (AvgIpc) is 2.65. The first-order valence-electron chi connectivity index (χ1n) is 6.94. The number of nitrogens with zero attached hydrogens (tertiary/aromatic N) is 1. The first-order valence-corrected chi connectivity index (χ1v) is 7.93. The molecule has 0 amide bonds. The van der Waals surface area contributed by atoms with Crippen LogP contribution in [0.5, 0.6) is 0 Å². The van der Waals surface area contributed by atoms with Crippen LogP contribution in [-0.2, 0) is 4.74 Å². The maximum atomic E-state index is 5.46. The van der Waals surface area contributed by atoms with Crippen molar-refractivity contribution in [3.63, 3.8) is 0 Å². The van der Waals surface area contributed by atoms with Crippen molar-refractivity contribution in [1.29, 1.82) is 0 Å². The van der Waals surface area contributed by atoms with Crippen molar-refractivity contribution >= 4 is 16.9 Å². The van der Waals surface area contributed by atoms with Gasteiger partial charge in [-0.25, -0.2) is 0 Å². The molecule has 1 saturated carbocycles. The van der Waals surface area contributed by atoms with Gasteiger partial charge in [0.25, 0.3) is 0 Å². The van der Waals surface area contributed by atoms with Crippen LogP contribution in [0.3, 0.4) is 0 Å². The smallest absolute Gasteiger partial charge is 0.157 e. The Hall–Kier alpha value is -0.220. The van der Waals surface area contributed by atoms with Crippen molar-refractivity contribution in [2.24, 2.45) is 15.8 Å². The lowest BCUT2D eigenvalue weighted by Crippen LogP contribution is -2.48. The molecule has 0 unspecified atom stereocenters. The van der Waals surface area contributed by atoms with Crippen LogP contribution in [0.15, 0.2) is 4.99 Å². The van der Waals surface area contributed by atoms with Crippen LogP contribution in [0.4, 0.5) is 0 Å². The Morgan fingerprint density at radius 1 is 1.17 bits per heavy atom. The van der Waals surface area contributed by atoms with E-state index in [0.717, 1.165) is 31.8 Å². The third-order valence-electron chi connectivity index (χ3n) is 5.50. The molecule has 1 aliphatic carbocycles. The first kappa shape index (κ1) is 12.8. The van der Waals surface area contributed by atoms with E-state index in [4.69, 9.17) is 9.73 Å². The molecule has 3 fully saturated rings. The van der Waals surface area contributed by atoms with E-state index in [9.17, 15) is 0 Å². The van der Waals surface area contributed by atoms with Crippen LogP contribution >= 0.6 is 11.8 Å². The molecule has 0 aromatic rings. The Labute approximate surface area is 114 Å². The molecule has 18 heavy (non-hydrogen) atoms. The van der Waals surface area contributed by atoms with E-state index in [-0.39, 0.29) is 5.54 Å². The molecule has 102 valence electrons. The second kappa shape index (κ2) is 3.89. The van der Waals surface area contributed by atoms with E-state index in [1.54, 1.807) is 0 Å². The molecule has 1 spiro atoms. The summed E-state index contributed by atoms with van der Waals surface area (Å²) in [5.74, 6) is 1.16. The minimum atomic E-state index is 0.269. The standard InChI is InChI=1S/C14H24N2OS/c1-12(2)10(13(12,3)4)15-11-16-14(9-18-11)5-7-17-8-6-14/h10H,5-9H2,1-4H3,(H,15,16). The lowest BCUT2D eigenvalue weighted by Gasteiger charge is -2.32. The molecule has 0 atom stereocenters. The van der Waals surface area contributed by atoms with Crippen molar-refractivity contribution < 1.29 is 4.74 Å². The summed E-state index contributed by atoms with van der Waals surface area (Å²) < 4.78 is 5.46. The molecule has 3 nitrogen and oxygen atoms in total. The molecule has 0 aromatic heterocycles. The second-order valence-electron chi connectivity index (χ2n) is 7.09. The highest BCUT2D eigenvalue weighted by Crippen LogP contribution is 2.64. The van der Waals surface area contributed by atoms with Crippen LogP contribution in [0.2, 0.25) is 0 Å². The molecule has 3 rings (SSSR count). The van der Waals surface area contributed by atoms with Gasteiger partial charge in [0.2, 0.25) is 0 Å². The lowest BCUT2D eigenvalue weighted by atomic mass is 9.93. The number of ether oxygens (including phenoxy) is 1. The fraction of sp³-hybridized carbons (Fsp3) is 0.929. The number of hydrogen-bond acceptors (Lipinski definition) is 3. The largest absolute Gasteiger partial charge is 0.381 e. The molecule has 2 heterocycles. The van der Waals surface area contributed by atoms with Gasteiger partial charge in [0.15, 0.2) is 5.17 Å². The van der Waals surface area contributed by atoms with Gasteiger partial charge in [-0.1, -0.05) is 39.5 Å². The third kappa shape index (κ3) is 1.80. The maximum absolute atomic E-state index is 5.46. The highest BCUT2D eigenvalue weighted by molar-refractivity contribution is 8.14. The lowest BCUT2D eigenvalue weighted by molar-refractivity contribution is 0.0555. The van der Waals surface area contributed by atoms with Gasteiger partial charge < -0.3 is 10.1 Å². The van der Waals surface area contributed by atoms with Gasteiger partial charge in [0, 0.05) is 19.0 Å². The van der Waals surface area contributed by atoms with Gasteiger partial charge in [-0.3, -0.25) is 4.99 Å². The van der Waals surface area contributed by atoms with Gasteiger partial charge >= 0.3 is 0 Å². The van der Waals surface area contributed by atoms with Crippen molar-refractivity contribution in [3.05, 3.63) is 0 Å². The van der Waals surface area contributed by atoms with Gasteiger partial charge in [0.1, 0.15) is 0 Å². The predicted molar refractivity (Wildman–Crippen MR) is 77.2 cm³/mol. The van der Waals surface area contributed by atoms with Gasteiger partial charge in [-0.05, 0) is 23.7 Å². The SMILES string of the molecule is CC1(C)C(N=C2NC3(CCOCC3)CS2)C1(C)C. The Bertz CT molecular complexity index is 369. The number of aliphatic imine (C=N–C) groups is 1. The zero-order valence-electron chi connectivity index (χ0n) is 11.9. The van der Waals surface area contributed by atoms with E-state index in [0.29, 0.717) is 16.9 Å². The summed E-state index contributed by atoms with van der Waals surface area (Å²) in [6.45, 7) is 11.1. The molecule has 2 saturated heterocycles. The highest BCUT2D eigenvalue weighted by Gasteiger charge is 2.65. The number of amidine groups is 1. The number of rotatable bonds is 1. The molecule has 2 aliphatic heterocycles. The normalized spacial score (nSPS) is 34.8. The molecule has 1 N–H and O–H groups in total. The Morgan fingerprint density at radius 3 is 2.33 bits per heavy atom. The number of hydrogen-bond donors (Lipinski definition) is 1. The average molecular weight is 268 g/mol. The van der Waals surface area contributed by atoms with Gasteiger partial charge in [0.05, 0.1) is 11.6 Å². The minimum Gasteiger partial charge on any atom is -0.381 e. The quantitative estimate of drug-likeness (QED) is 0.794. The van der Waals surface area contributed by atoms with Crippen LogP contribution in [0.1, 0.15) is 40.5 Å². The topological polar surface area (TPSA) is 33.6 Å². The summed E-state index contributed by atoms with van der Waals surface area (Å²) >= 11 is 1.90. The fourth-order valence-corrected chi connectivity index (χ4v) is 4.45. The van der Waals surface area contributed by atoms with Crippen molar-refractivity contribution in [1.82, 2.24) is 5.32 Å². The summed E-state index contributed by atoms with van der Waals surface area (Å²) in [6.07, 6.45) is 2.24. The Morgan fingerprint density at radius 2 is 1.78 bits per heavy atom. The number of thioether (sulfide) groups is 1. The summed E-state index contributed by atoms with van der Waals surface area (Å²) in [7, 11) is 0. The van der Waals surface area contributed by atoms with E-state index in [1.165, 1.54) is 5.17 Å². The summed E-state index contributed by atoms with van der Waals surface area (Å²) in [6, 6.07) is 0.468. The van der Waals surface area contributed by atoms with Crippen LogP contribution in [0.25, 0.3) is 0 Å². The number of nitrogens with one attached hydrogen (secondary N) is 1. The third-order valence-corrected chi connectivity index (χ3v) is 6.68. The van der Waals surface area contributed by atoms with E-state index in [1.807, 2.05) is 11.8 Å². The zero-order chi connectivity index (χ0) is 13.0. The monoisotopic (exact) mass is 268 g/mol. The summed E-state index contributed by atoms with van der Waals surface area (Å²) in [5, 5.41) is 4.85. The second-order valence-corrected chi connectivity index (χ2v) is 8.05. The summed E-state index contributed by atoms with van der Waals surface area (Å²) in [5.41, 5.74) is 0.951. The van der Waals surface area contributed by atoms with Crippen molar-refractivity contribution in [2.75, 3.05) is 19.0 Å². The molecule has 4 heteroatoms. The van der Waals surface area contributed by atoms with Crippen LogP contribution in [-0.4, -0.2) is 35.7 Å². The van der Waals surface area contributed by atoms with E-state index in [2.05, 4.69) is 33.0 Å². The minimum absolute atomic E-state index is 0.269. The molecule has 0 aromatic carbocycles. The van der Waals surface area contributed by atoms with Crippen LogP contribution in [0, 0.1) is 10.8 Å². The molecule has 0 bridgehead atoms. The van der Waals surface area contributed by atoms with E-state index >= 15 is 0 Å². The van der Waals surface area contributed by atoms with Gasteiger partial charge in [-0.15, -0.1) is 0 Å². The molecular formula is C14H24N2OS. The Kier molecular flexibility index (Phi) is 2.76. The fourth-order valence-electron chi connectivity index (χ4n) is 3.21. The zero-order valence-corrected chi connectivity index (χ0v) is 12.7. The van der Waals surface area contributed by atoms with E-state index < -0.39 is 0 Å². The van der Waals surface area contributed by atoms with Crippen LogP contribution < -0.4 is 5.32 Å².